The molecule has 0 fully saturated rings. The summed E-state index contributed by atoms with van der Waals surface area (Å²) in [7, 11) is 3.19. The van der Waals surface area contributed by atoms with Crippen LogP contribution in [0.15, 0.2) is 67.0 Å². The summed E-state index contributed by atoms with van der Waals surface area (Å²) in [6, 6.07) is 18.9. The van der Waals surface area contributed by atoms with Gasteiger partial charge in [0, 0.05) is 22.7 Å². The maximum atomic E-state index is 12.5. The Labute approximate surface area is 194 Å². The lowest BCUT2D eigenvalue weighted by molar-refractivity contribution is 0.0993. The number of fused-ring (bicyclic) bond motifs is 2. The van der Waals surface area contributed by atoms with E-state index in [1.54, 1.807) is 14.2 Å². The van der Waals surface area contributed by atoms with Crippen molar-refractivity contribution < 1.29 is 14.3 Å². The SMILES string of the molecule is COc1cc2ncnc(Nc3ccc4sc(CC(=O)c5ccccc5)nc4c3)c2cc1OC. The van der Waals surface area contributed by atoms with Crippen molar-refractivity contribution in [1.82, 2.24) is 15.0 Å². The quantitative estimate of drug-likeness (QED) is 0.327. The number of Topliss-reactive ketones (excluding diaryl/α,β-unsaturated/α-hetero) is 1. The van der Waals surface area contributed by atoms with Crippen molar-refractivity contribution in [3.8, 4) is 11.5 Å². The molecule has 7 nitrogen and oxygen atoms in total. The highest BCUT2D eigenvalue weighted by atomic mass is 32.1. The molecule has 0 aliphatic carbocycles. The number of aromatic nitrogens is 3. The summed E-state index contributed by atoms with van der Waals surface area (Å²) < 4.78 is 11.8. The van der Waals surface area contributed by atoms with Crippen LogP contribution in [0.3, 0.4) is 0 Å². The summed E-state index contributed by atoms with van der Waals surface area (Å²) in [5.74, 6) is 1.92. The van der Waals surface area contributed by atoms with Crippen LogP contribution in [0.1, 0.15) is 15.4 Å². The zero-order valence-electron chi connectivity index (χ0n) is 18.0. The molecule has 5 aromatic rings. The number of anilines is 2. The van der Waals surface area contributed by atoms with Crippen molar-refractivity contribution in [2.45, 2.75) is 6.42 Å². The minimum Gasteiger partial charge on any atom is -0.493 e. The van der Waals surface area contributed by atoms with Crippen molar-refractivity contribution in [2.75, 3.05) is 19.5 Å². The zero-order chi connectivity index (χ0) is 22.8. The maximum absolute atomic E-state index is 12.5. The summed E-state index contributed by atoms with van der Waals surface area (Å²) in [6.07, 6.45) is 1.79. The Morgan fingerprint density at radius 1 is 0.939 bits per heavy atom. The Morgan fingerprint density at radius 3 is 2.52 bits per heavy atom. The first kappa shape index (κ1) is 20.8. The molecule has 0 spiro atoms. The number of hydrogen-bond acceptors (Lipinski definition) is 8. The summed E-state index contributed by atoms with van der Waals surface area (Å²) in [5, 5.41) is 4.95. The largest absolute Gasteiger partial charge is 0.493 e. The number of hydrogen-bond donors (Lipinski definition) is 1. The Bertz CT molecular complexity index is 1470. The summed E-state index contributed by atoms with van der Waals surface area (Å²) >= 11 is 1.53. The molecule has 164 valence electrons. The molecule has 5 rings (SSSR count). The van der Waals surface area contributed by atoms with Crippen molar-refractivity contribution in [2.24, 2.45) is 0 Å². The predicted molar refractivity (Wildman–Crippen MR) is 130 cm³/mol. The smallest absolute Gasteiger partial charge is 0.169 e. The zero-order valence-corrected chi connectivity index (χ0v) is 18.8. The fourth-order valence-electron chi connectivity index (χ4n) is 3.61. The van der Waals surface area contributed by atoms with E-state index < -0.39 is 0 Å². The summed E-state index contributed by atoms with van der Waals surface area (Å²) in [5.41, 5.74) is 3.10. The first-order chi connectivity index (χ1) is 16.1. The number of thiazole rings is 1. The number of nitrogens with one attached hydrogen (secondary N) is 1. The van der Waals surface area contributed by atoms with Gasteiger partial charge in [-0.15, -0.1) is 11.3 Å². The van der Waals surface area contributed by atoms with Crippen LogP contribution in [-0.4, -0.2) is 35.0 Å². The molecule has 8 heteroatoms. The van der Waals surface area contributed by atoms with Gasteiger partial charge in [0.1, 0.15) is 17.2 Å². The lowest BCUT2D eigenvalue weighted by atomic mass is 10.1. The molecule has 0 saturated heterocycles. The van der Waals surface area contributed by atoms with Crippen LogP contribution < -0.4 is 14.8 Å². The van der Waals surface area contributed by atoms with E-state index in [0.29, 0.717) is 22.9 Å². The van der Waals surface area contributed by atoms with Gasteiger partial charge >= 0.3 is 0 Å². The van der Waals surface area contributed by atoms with E-state index in [1.807, 2.05) is 60.7 Å². The summed E-state index contributed by atoms with van der Waals surface area (Å²) in [4.78, 5) is 26.0. The van der Waals surface area contributed by atoms with Gasteiger partial charge in [-0.1, -0.05) is 30.3 Å². The molecule has 0 amide bonds. The second kappa shape index (κ2) is 8.84. The first-order valence-electron chi connectivity index (χ1n) is 10.3. The molecule has 2 aromatic heterocycles. The van der Waals surface area contributed by atoms with Crippen LogP contribution in [0.5, 0.6) is 11.5 Å². The molecule has 3 aromatic carbocycles. The topological polar surface area (TPSA) is 86.2 Å². The van der Waals surface area contributed by atoms with Gasteiger partial charge in [0.05, 0.1) is 36.4 Å². The van der Waals surface area contributed by atoms with Crippen LogP contribution in [-0.2, 0) is 6.42 Å². The van der Waals surface area contributed by atoms with Crippen LogP contribution in [0.2, 0.25) is 0 Å². The van der Waals surface area contributed by atoms with Gasteiger partial charge in [-0.2, -0.15) is 0 Å². The van der Waals surface area contributed by atoms with Gasteiger partial charge in [0.2, 0.25) is 0 Å². The van der Waals surface area contributed by atoms with Crippen LogP contribution in [0, 0.1) is 0 Å². The third kappa shape index (κ3) is 4.20. The predicted octanol–water partition coefficient (Wildman–Crippen LogP) is 5.43. The van der Waals surface area contributed by atoms with E-state index in [9.17, 15) is 4.79 Å². The van der Waals surface area contributed by atoms with E-state index in [2.05, 4.69) is 20.3 Å². The van der Waals surface area contributed by atoms with E-state index in [1.165, 1.54) is 17.7 Å². The fourth-order valence-corrected chi connectivity index (χ4v) is 4.56. The lowest BCUT2D eigenvalue weighted by Gasteiger charge is -2.12. The van der Waals surface area contributed by atoms with Gasteiger partial charge in [0.25, 0.3) is 0 Å². The highest BCUT2D eigenvalue weighted by Crippen LogP contribution is 2.35. The monoisotopic (exact) mass is 456 g/mol. The maximum Gasteiger partial charge on any atom is 0.169 e. The molecule has 1 N–H and O–H groups in total. The minimum atomic E-state index is 0.0600. The Morgan fingerprint density at radius 2 is 1.73 bits per heavy atom. The number of benzene rings is 3. The lowest BCUT2D eigenvalue weighted by Crippen LogP contribution is -2.02. The molecular formula is C25H20N4O3S. The minimum absolute atomic E-state index is 0.0600. The van der Waals surface area contributed by atoms with Crippen molar-refractivity contribution in [3.63, 3.8) is 0 Å². The second-order valence-corrected chi connectivity index (χ2v) is 8.44. The standard InChI is InChI=1S/C25H20N4O3S/c1-31-21-11-17-18(12-22(21)32-2)26-14-27-25(17)28-16-8-9-23-19(10-16)29-24(33-23)13-20(30)15-6-4-3-5-7-15/h3-12,14H,13H2,1-2H3,(H,26,27,28). The van der Waals surface area contributed by atoms with Crippen LogP contribution in [0.4, 0.5) is 11.5 Å². The molecular weight excluding hydrogens is 436 g/mol. The number of carbonyl (C=O) groups is 1. The van der Waals surface area contributed by atoms with Gasteiger partial charge in [-0.25, -0.2) is 15.0 Å². The number of carbonyl (C=O) groups excluding carboxylic acids is 1. The first-order valence-corrected chi connectivity index (χ1v) is 11.1. The molecule has 0 aliphatic heterocycles. The summed E-state index contributed by atoms with van der Waals surface area (Å²) in [6.45, 7) is 0. The highest BCUT2D eigenvalue weighted by Gasteiger charge is 2.13. The van der Waals surface area contributed by atoms with E-state index in [0.717, 1.165) is 31.8 Å². The number of nitrogens with zero attached hydrogens (tertiary/aromatic N) is 3. The van der Waals surface area contributed by atoms with Crippen LogP contribution >= 0.6 is 11.3 Å². The van der Waals surface area contributed by atoms with E-state index >= 15 is 0 Å². The molecule has 2 heterocycles. The molecule has 0 saturated carbocycles. The van der Waals surface area contributed by atoms with Crippen molar-refractivity contribution in [3.05, 3.63) is 77.6 Å². The number of rotatable bonds is 7. The molecule has 0 unspecified atom stereocenters. The van der Waals surface area contributed by atoms with Crippen LogP contribution in [0.25, 0.3) is 21.1 Å². The number of ether oxygens (including phenoxy) is 2. The average Bonchev–Trinajstić information content (AvgIpc) is 3.25. The van der Waals surface area contributed by atoms with Crippen molar-refractivity contribution >= 4 is 49.7 Å². The third-order valence-corrected chi connectivity index (χ3v) is 6.28. The second-order valence-electron chi connectivity index (χ2n) is 7.33. The molecule has 0 bridgehead atoms. The Kier molecular flexibility index (Phi) is 5.58. The number of methoxy groups -OCH3 is 2. The van der Waals surface area contributed by atoms with Gasteiger partial charge in [0.15, 0.2) is 17.3 Å². The number of ketones is 1. The molecule has 0 atom stereocenters. The van der Waals surface area contributed by atoms with Crippen molar-refractivity contribution in [1.29, 1.82) is 0 Å². The molecule has 0 aliphatic rings. The van der Waals surface area contributed by atoms with E-state index in [-0.39, 0.29) is 12.2 Å². The van der Waals surface area contributed by atoms with Gasteiger partial charge < -0.3 is 14.8 Å². The highest BCUT2D eigenvalue weighted by molar-refractivity contribution is 7.18. The third-order valence-electron chi connectivity index (χ3n) is 5.24. The van der Waals surface area contributed by atoms with E-state index in [4.69, 9.17) is 9.47 Å². The Balaban J connectivity index is 1.43. The van der Waals surface area contributed by atoms with Gasteiger partial charge in [-0.05, 0) is 24.3 Å². The average molecular weight is 457 g/mol. The normalized spacial score (nSPS) is 11.0. The fraction of sp³-hybridized carbons (Fsp3) is 0.120. The molecule has 0 radical (unpaired) electrons. The van der Waals surface area contributed by atoms with Gasteiger partial charge in [-0.3, -0.25) is 4.79 Å². The Hall–Kier alpha value is -4.04. The molecule has 33 heavy (non-hydrogen) atoms.